The van der Waals surface area contributed by atoms with Crippen molar-refractivity contribution in [2.75, 3.05) is 7.11 Å². The van der Waals surface area contributed by atoms with E-state index in [4.69, 9.17) is 4.74 Å². The van der Waals surface area contributed by atoms with Gasteiger partial charge in [0.1, 0.15) is 5.75 Å². The van der Waals surface area contributed by atoms with Crippen molar-refractivity contribution >= 4 is 0 Å². The van der Waals surface area contributed by atoms with E-state index in [0.29, 0.717) is 12.1 Å². The summed E-state index contributed by atoms with van der Waals surface area (Å²) in [5, 5.41) is 3.65. The summed E-state index contributed by atoms with van der Waals surface area (Å²) in [6.45, 7) is 6.59. The molecule has 1 unspecified atom stereocenters. The third-order valence-corrected chi connectivity index (χ3v) is 4.00. The monoisotopic (exact) mass is 283 g/mol. The molecule has 0 aliphatic rings. The first-order valence-corrected chi connectivity index (χ1v) is 7.63. The Labute approximate surface area is 128 Å². The van der Waals surface area contributed by atoms with Crippen LogP contribution in [0.4, 0.5) is 0 Å². The third kappa shape index (κ3) is 4.08. The predicted molar refractivity (Wildman–Crippen MR) is 88.8 cm³/mol. The van der Waals surface area contributed by atoms with Crippen molar-refractivity contribution in [2.24, 2.45) is 0 Å². The number of ether oxygens (including phenoxy) is 1. The van der Waals surface area contributed by atoms with Crippen LogP contribution in [0.2, 0.25) is 0 Å². The van der Waals surface area contributed by atoms with Crippen LogP contribution in [-0.4, -0.2) is 7.11 Å². The highest BCUT2D eigenvalue weighted by atomic mass is 16.5. The molecular formula is C19H25NO. The Hall–Kier alpha value is -1.80. The number of nitrogens with one attached hydrogen (secondary N) is 1. The maximum Gasteiger partial charge on any atom is 0.118 e. The molecule has 0 aliphatic heterocycles. The summed E-state index contributed by atoms with van der Waals surface area (Å²) >= 11 is 0. The Bertz CT molecular complexity index is 493. The van der Waals surface area contributed by atoms with Crippen LogP contribution >= 0.6 is 0 Å². The standard InChI is InChI=1S/C19H25NO/c1-5-16-6-8-17(9-7-16)14(2)20-15(3)18-10-12-19(21-4)13-11-18/h6-15,20H,5H2,1-4H3/t14?,15-/m1/s1. The Morgan fingerprint density at radius 1 is 0.857 bits per heavy atom. The molecule has 0 bridgehead atoms. The zero-order valence-corrected chi connectivity index (χ0v) is 13.4. The van der Waals surface area contributed by atoms with Gasteiger partial charge in [0.2, 0.25) is 0 Å². The van der Waals surface area contributed by atoms with Gasteiger partial charge in [0.25, 0.3) is 0 Å². The van der Waals surface area contributed by atoms with E-state index in [9.17, 15) is 0 Å². The lowest BCUT2D eigenvalue weighted by molar-refractivity contribution is 0.414. The first-order chi connectivity index (χ1) is 10.1. The molecule has 0 aromatic heterocycles. The minimum Gasteiger partial charge on any atom is -0.497 e. The smallest absolute Gasteiger partial charge is 0.118 e. The Morgan fingerprint density at radius 2 is 1.33 bits per heavy atom. The second-order valence-corrected chi connectivity index (χ2v) is 5.48. The molecule has 0 aliphatic carbocycles. The second-order valence-electron chi connectivity index (χ2n) is 5.48. The molecule has 0 saturated carbocycles. The number of hydrogen-bond donors (Lipinski definition) is 1. The van der Waals surface area contributed by atoms with Gasteiger partial charge in [0.15, 0.2) is 0 Å². The van der Waals surface area contributed by atoms with E-state index in [2.05, 4.69) is 62.5 Å². The lowest BCUT2D eigenvalue weighted by Crippen LogP contribution is -2.22. The predicted octanol–water partition coefficient (Wildman–Crippen LogP) is 4.67. The van der Waals surface area contributed by atoms with Gasteiger partial charge in [-0.05, 0) is 49.1 Å². The summed E-state index contributed by atoms with van der Waals surface area (Å²) in [5.41, 5.74) is 3.98. The van der Waals surface area contributed by atoms with Crippen LogP contribution in [0.25, 0.3) is 0 Å². The van der Waals surface area contributed by atoms with Gasteiger partial charge in [0.05, 0.1) is 7.11 Å². The van der Waals surface area contributed by atoms with Gasteiger partial charge in [-0.3, -0.25) is 0 Å². The van der Waals surface area contributed by atoms with Gasteiger partial charge < -0.3 is 10.1 Å². The topological polar surface area (TPSA) is 21.3 Å². The molecule has 112 valence electrons. The van der Waals surface area contributed by atoms with Gasteiger partial charge in [0, 0.05) is 12.1 Å². The fraction of sp³-hybridized carbons (Fsp3) is 0.368. The van der Waals surface area contributed by atoms with Crippen molar-refractivity contribution in [1.29, 1.82) is 0 Å². The molecule has 2 aromatic carbocycles. The van der Waals surface area contributed by atoms with Crippen molar-refractivity contribution in [1.82, 2.24) is 5.32 Å². The molecule has 2 atom stereocenters. The SMILES string of the molecule is CCc1ccc(C(C)N[C@H](C)c2ccc(OC)cc2)cc1. The van der Waals surface area contributed by atoms with Crippen molar-refractivity contribution in [3.8, 4) is 5.75 Å². The van der Waals surface area contributed by atoms with Crippen LogP contribution in [0, 0.1) is 0 Å². The Morgan fingerprint density at radius 3 is 1.76 bits per heavy atom. The summed E-state index contributed by atoms with van der Waals surface area (Å²) in [7, 11) is 1.69. The Balaban J connectivity index is 2.01. The summed E-state index contributed by atoms with van der Waals surface area (Å²) in [6.07, 6.45) is 1.09. The van der Waals surface area contributed by atoms with E-state index in [-0.39, 0.29) is 0 Å². The van der Waals surface area contributed by atoms with Crippen LogP contribution in [-0.2, 0) is 6.42 Å². The van der Waals surface area contributed by atoms with Crippen LogP contribution in [0.15, 0.2) is 48.5 Å². The molecule has 21 heavy (non-hydrogen) atoms. The van der Waals surface area contributed by atoms with Crippen molar-refractivity contribution < 1.29 is 4.74 Å². The fourth-order valence-corrected chi connectivity index (χ4v) is 2.50. The van der Waals surface area contributed by atoms with E-state index in [1.54, 1.807) is 7.11 Å². The third-order valence-electron chi connectivity index (χ3n) is 4.00. The lowest BCUT2D eigenvalue weighted by atomic mass is 10.0. The van der Waals surface area contributed by atoms with E-state index < -0.39 is 0 Å². The lowest BCUT2D eigenvalue weighted by Gasteiger charge is -2.21. The van der Waals surface area contributed by atoms with E-state index in [1.807, 2.05) is 12.1 Å². The molecular weight excluding hydrogens is 258 g/mol. The molecule has 0 saturated heterocycles. The summed E-state index contributed by atoms with van der Waals surface area (Å²) in [5.74, 6) is 0.897. The fourth-order valence-electron chi connectivity index (χ4n) is 2.50. The molecule has 2 heteroatoms. The number of aryl methyl sites for hydroxylation is 1. The largest absolute Gasteiger partial charge is 0.497 e. The minimum atomic E-state index is 0.303. The van der Waals surface area contributed by atoms with E-state index >= 15 is 0 Å². The molecule has 2 rings (SSSR count). The highest BCUT2D eigenvalue weighted by Gasteiger charge is 2.11. The van der Waals surface area contributed by atoms with Gasteiger partial charge in [-0.2, -0.15) is 0 Å². The van der Waals surface area contributed by atoms with Gasteiger partial charge in [-0.1, -0.05) is 43.3 Å². The zero-order valence-electron chi connectivity index (χ0n) is 13.4. The number of hydrogen-bond acceptors (Lipinski definition) is 2. The highest BCUT2D eigenvalue weighted by molar-refractivity contribution is 5.29. The summed E-state index contributed by atoms with van der Waals surface area (Å²) in [6, 6.07) is 17.7. The highest BCUT2D eigenvalue weighted by Crippen LogP contribution is 2.21. The molecule has 0 fully saturated rings. The van der Waals surface area contributed by atoms with Crippen molar-refractivity contribution in [3.63, 3.8) is 0 Å². The number of rotatable bonds is 6. The normalized spacial score (nSPS) is 13.7. The van der Waals surface area contributed by atoms with Crippen LogP contribution in [0.1, 0.15) is 49.5 Å². The second kappa shape index (κ2) is 7.28. The molecule has 0 heterocycles. The molecule has 1 N–H and O–H groups in total. The molecule has 0 spiro atoms. The number of methoxy groups -OCH3 is 1. The van der Waals surface area contributed by atoms with Crippen molar-refractivity contribution in [2.45, 2.75) is 39.3 Å². The van der Waals surface area contributed by atoms with Gasteiger partial charge in [-0.15, -0.1) is 0 Å². The summed E-state index contributed by atoms with van der Waals surface area (Å²) in [4.78, 5) is 0. The first kappa shape index (κ1) is 15.6. The molecule has 2 nitrogen and oxygen atoms in total. The van der Waals surface area contributed by atoms with E-state index in [0.717, 1.165) is 12.2 Å². The number of benzene rings is 2. The van der Waals surface area contributed by atoms with Crippen LogP contribution in [0.5, 0.6) is 5.75 Å². The quantitative estimate of drug-likeness (QED) is 0.832. The average molecular weight is 283 g/mol. The maximum atomic E-state index is 5.20. The van der Waals surface area contributed by atoms with Crippen LogP contribution < -0.4 is 10.1 Å². The zero-order chi connectivity index (χ0) is 15.2. The first-order valence-electron chi connectivity index (χ1n) is 7.63. The maximum absolute atomic E-state index is 5.20. The average Bonchev–Trinajstić information content (AvgIpc) is 2.55. The van der Waals surface area contributed by atoms with Crippen molar-refractivity contribution in [3.05, 3.63) is 65.2 Å². The van der Waals surface area contributed by atoms with Gasteiger partial charge in [-0.25, -0.2) is 0 Å². The molecule has 2 aromatic rings. The Kier molecular flexibility index (Phi) is 5.40. The van der Waals surface area contributed by atoms with Gasteiger partial charge >= 0.3 is 0 Å². The molecule has 0 amide bonds. The molecule has 0 radical (unpaired) electrons. The van der Waals surface area contributed by atoms with Crippen LogP contribution in [0.3, 0.4) is 0 Å². The summed E-state index contributed by atoms with van der Waals surface area (Å²) < 4.78 is 5.20. The minimum absolute atomic E-state index is 0.303. The van der Waals surface area contributed by atoms with E-state index in [1.165, 1.54) is 16.7 Å².